The summed E-state index contributed by atoms with van der Waals surface area (Å²) in [4.78, 5) is 12.6. The molecule has 1 aliphatic rings. The van der Waals surface area contributed by atoms with E-state index < -0.39 is 0 Å². The van der Waals surface area contributed by atoms with Crippen LogP contribution in [0.3, 0.4) is 0 Å². The molecule has 3 nitrogen and oxygen atoms in total. The summed E-state index contributed by atoms with van der Waals surface area (Å²) in [6, 6.07) is 19.5. The number of benzene rings is 3. The fraction of sp³-hybridized carbons (Fsp3) is 0.432. The fourth-order valence-corrected chi connectivity index (χ4v) is 6.47. The molecular weight excluding hydrogens is 490 g/mol. The van der Waals surface area contributed by atoms with Crippen LogP contribution in [0.25, 0.3) is 11.6 Å². The molecule has 1 aliphatic carbocycles. The third-order valence-corrected chi connectivity index (χ3v) is 8.43. The Labute approximate surface area is 241 Å². The van der Waals surface area contributed by atoms with E-state index in [4.69, 9.17) is 10.5 Å². The zero-order valence-electron chi connectivity index (χ0n) is 25.4. The number of unbranched alkanes of at least 4 members (excludes halogenated alkanes) is 5. The normalized spacial score (nSPS) is 15.6. The highest BCUT2D eigenvalue weighted by molar-refractivity contribution is 5.91. The quantitative estimate of drug-likeness (QED) is 0.0870. The third kappa shape index (κ3) is 7.05. The Kier molecular flexibility index (Phi) is 9.23. The lowest BCUT2D eigenvalue weighted by atomic mass is 9.82. The molecule has 0 fully saturated rings. The number of esters is 1. The van der Waals surface area contributed by atoms with Gasteiger partial charge in [0.25, 0.3) is 0 Å². The van der Waals surface area contributed by atoms with Gasteiger partial charge in [0.2, 0.25) is 0 Å². The predicted molar refractivity (Wildman–Crippen MR) is 170 cm³/mol. The largest absolute Gasteiger partial charge is 0.423 e. The first-order valence-electron chi connectivity index (χ1n) is 15.0. The Morgan fingerprint density at radius 2 is 1.45 bits per heavy atom. The van der Waals surface area contributed by atoms with Gasteiger partial charge in [-0.25, -0.2) is 4.79 Å². The van der Waals surface area contributed by atoms with Gasteiger partial charge < -0.3 is 10.5 Å². The summed E-state index contributed by atoms with van der Waals surface area (Å²) < 4.78 is 5.50. The van der Waals surface area contributed by atoms with Gasteiger partial charge in [0.1, 0.15) is 5.75 Å². The van der Waals surface area contributed by atoms with E-state index in [0.717, 1.165) is 12.0 Å². The van der Waals surface area contributed by atoms with Gasteiger partial charge in [0.05, 0.1) is 5.56 Å². The van der Waals surface area contributed by atoms with Gasteiger partial charge in [0, 0.05) is 5.69 Å². The highest BCUT2D eigenvalue weighted by Gasteiger charge is 2.42. The van der Waals surface area contributed by atoms with Crippen LogP contribution in [0.15, 0.2) is 60.7 Å². The minimum absolute atomic E-state index is 0.166. The number of allylic oxidation sites excluding steroid dienone is 1. The number of carbonyl (C=O) groups is 1. The molecule has 0 aliphatic heterocycles. The first-order valence-corrected chi connectivity index (χ1v) is 15.0. The average molecular weight is 538 g/mol. The van der Waals surface area contributed by atoms with Crippen molar-refractivity contribution < 1.29 is 9.53 Å². The molecule has 0 saturated carbocycles. The Hall–Kier alpha value is -3.33. The zero-order valence-corrected chi connectivity index (χ0v) is 25.4. The number of hydrogen-bond acceptors (Lipinski definition) is 3. The summed E-state index contributed by atoms with van der Waals surface area (Å²) in [5.41, 5.74) is 15.4. The van der Waals surface area contributed by atoms with Crippen LogP contribution in [0.4, 0.5) is 5.69 Å². The summed E-state index contributed by atoms with van der Waals surface area (Å²) in [5, 5.41) is 0. The molecule has 3 aromatic carbocycles. The van der Waals surface area contributed by atoms with Gasteiger partial charge in [0.15, 0.2) is 0 Å². The van der Waals surface area contributed by atoms with Crippen molar-refractivity contribution in [1.29, 1.82) is 0 Å². The molecule has 3 aromatic rings. The Morgan fingerprint density at radius 1 is 0.850 bits per heavy atom. The Balaban J connectivity index is 1.57. The first kappa shape index (κ1) is 29.6. The monoisotopic (exact) mass is 537 g/mol. The maximum absolute atomic E-state index is 12.6. The van der Waals surface area contributed by atoms with Crippen molar-refractivity contribution in [2.75, 3.05) is 5.73 Å². The van der Waals surface area contributed by atoms with Gasteiger partial charge >= 0.3 is 5.97 Å². The topological polar surface area (TPSA) is 52.3 Å². The number of anilines is 1. The molecule has 3 heteroatoms. The molecule has 2 N–H and O–H groups in total. The molecule has 0 aromatic heterocycles. The van der Waals surface area contributed by atoms with Crippen LogP contribution in [0.1, 0.15) is 125 Å². The second-order valence-corrected chi connectivity index (χ2v) is 12.9. The minimum Gasteiger partial charge on any atom is -0.423 e. The molecule has 0 unspecified atom stereocenters. The molecule has 0 heterocycles. The molecule has 0 radical (unpaired) electrons. The summed E-state index contributed by atoms with van der Waals surface area (Å²) in [5.74, 6) is 0.112. The highest BCUT2D eigenvalue weighted by Crippen LogP contribution is 2.50. The number of hydrogen-bond donors (Lipinski definition) is 1. The van der Waals surface area contributed by atoms with Crippen molar-refractivity contribution in [1.82, 2.24) is 0 Å². The van der Waals surface area contributed by atoms with Crippen molar-refractivity contribution >= 4 is 23.3 Å². The van der Waals surface area contributed by atoms with Crippen LogP contribution in [-0.4, -0.2) is 5.97 Å². The predicted octanol–water partition coefficient (Wildman–Crippen LogP) is 9.91. The van der Waals surface area contributed by atoms with Crippen LogP contribution >= 0.6 is 0 Å². The average Bonchev–Trinajstić information content (AvgIpc) is 3.09. The zero-order chi connectivity index (χ0) is 28.9. The standard InChI is InChI=1S/C37H47NO2/c1-7-8-9-10-11-12-13-29-23-33-34(37(5,6)25-36(33,3)4)24-32(29)26(2)22-27-14-16-28(17-15-27)35(39)40-31-20-18-30(38)19-21-31/h14-24H,7-13,25,38H2,1-6H3. The van der Waals surface area contributed by atoms with E-state index in [1.165, 1.54) is 72.8 Å². The summed E-state index contributed by atoms with van der Waals surface area (Å²) in [6.45, 7) is 14.1. The van der Waals surface area contributed by atoms with Gasteiger partial charge in [-0.3, -0.25) is 0 Å². The number of fused-ring (bicyclic) bond motifs is 1. The molecule has 0 bridgehead atoms. The van der Waals surface area contributed by atoms with Crippen molar-refractivity contribution in [3.05, 3.63) is 94.0 Å². The molecule has 40 heavy (non-hydrogen) atoms. The number of rotatable bonds is 11. The van der Waals surface area contributed by atoms with Crippen molar-refractivity contribution in [3.8, 4) is 5.75 Å². The fourth-order valence-electron chi connectivity index (χ4n) is 6.47. The third-order valence-electron chi connectivity index (χ3n) is 8.43. The van der Waals surface area contributed by atoms with Crippen LogP contribution < -0.4 is 10.5 Å². The van der Waals surface area contributed by atoms with E-state index in [2.05, 4.69) is 59.8 Å². The SMILES string of the molecule is CCCCCCCCc1cc2c(cc1C(C)=Cc1ccc(C(=O)Oc3ccc(N)cc3)cc1)C(C)(C)CC2(C)C. The molecule has 0 spiro atoms. The van der Waals surface area contributed by atoms with Crippen molar-refractivity contribution in [2.24, 2.45) is 0 Å². The van der Waals surface area contributed by atoms with Gasteiger partial charge in [-0.2, -0.15) is 0 Å². The number of carbonyl (C=O) groups excluding carboxylic acids is 1. The maximum Gasteiger partial charge on any atom is 0.343 e. The van der Waals surface area contributed by atoms with Gasteiger partial charge in [-0.1, -0.05) is 97.1 Å². The molecule has 212 valence electrons. The highest BCUT2D eigenvalue weighted by atomic mass is 16.5. The van der Waals surface area contributed by atoms with Crippen LogP contribution in [0.2, 0.25) is 0 Å². The van der Waals surface area contributed by atoms with E-state index in [1.807, 2.05) is 24.3 Å². The summed E-state index contributed by atoms with van der Waals surface area (Å²) in [6.07, 6.45) is 12.4. The number of nitrogens with two attached hydrogens (primary N) is 1. The van der Waals surface area contributed by atoms with Crippen LogP contribution in [-0.2, 0) is 17.3 Å². The molecular formula is C37H47NO2. The summed E-state index contributed by atoms with van der Waals surface area (Å²) in [7, 11) is 0. The molecule has 0 amide bonds. The van der Waals surface area contributed by atoms with E-state index in [9.17, 15) is 4.79 Å². The lowest BCUT2D eigenvalue weighted by Crippen LogP contribution is -2.18. The lowest BCUT2D eigenvalue weighted by Gasteiger charge is -2.22. The van der Waals surface area contributed by atoms with E-state index >= 15 is 0 Å². The van der Waals surface area contributed by atoms with Crippen LogP contribution in [0, 0.1) is 0 Å². The summed E-state index contributed by atoms with van der Waals surface area (Å²) >= 11 is 0. The van der Waals surface area contributed by atoms with E-state index in [0.29, 0.717) is 17.0 Å². The van der Waals surface area contributed by atoms with Gasteiger partial charge in [-0.05, 0) is 107 Å². The lowest BCUT2D eigenvalue weighted by molar-refractivity contribution is 0.0734. The Bertz CT molecular complexity index is 1340. The molecule has 4 rings (SSSR count). The number of ether oxygens (including phenoxy) is 1. The minimum atomic E-state index is -0.373. The smallest absolute Gasteiger partial charge is 0.343 e. The van der Waals surface area contributed by atoms with E-state index in [1.54, 1.807) is 24.3 Å². The van der Waals surface area contributed by atoms with Crippen LogP contribution in [0.5, 0.6) is 5.75 Å². The van der Waals surface area contributed by atoms with Gasteiger partial charge in [-0.15, -0.1) is 0 Å². The van der Waals surface area contributed by atoms with E-state index in [-0.39, 0.29) is 16.8 Å². The number of nitrogen functional groups attached to an aromatic ring is 1. The number of aryl methyl sites for hydroxylation is 1. The molecule has 0 saturated heterocycles. The first-order chi connectivity index (χ1) is 19.0. The second-order valence-electron chi connectivity index (χ2n) is 12.9. The maximum atomic E-state index is 12.6. The van der Waals surface area contributed by atoms with Crippen molar-refractivity contribution in [2.45, 2.75) is 104 Å². The van der Waals surface area contributed by atoms with Crippen molar-refractivity contribution in [3.63, 3.8) is 0 Å². The molecule has 0 atom stereocenters. The Morgan fingerprint density at radius 3 is 2.10 bits per heavy atom. The second kappa shape index (κ2) is 12.5.